The van der Waals surface area contributed by atoms with E-state index in [1.54, 1.807) is 23.4 Å². The Labute approximate surface area is 164 Å². The SMILES string of the molecule is CC1c2nnc(-c3ccccn3)n2CCN1C(=O)c1cc2ncc(Cl)cn2n1. The number of hydrogen-bond acceptors (Lipinski definition) is 6. The first-order valence-corrected chi connectivity index (χ1v) is 9.16. The van der Waals surface area contributed by atoms with Crippen molar-refractivity contribution in [2.24, 2.45) is 0 Å². The summed E-state index contributed by atoms with van der Waals surface area (Å²) in [6, 6.07) is 7.08. The molecule has 140 valence electrons. The van der Waals surface area contributed by atoms with Crippen LogP contribution < -0.4 is 0 Å². The van der Waals surface area contributed by atoms with Gasteiger partial charge in [0.1, 0.15) is 5.69 Å². The van der Waals surface area contributed by atoms with Gasteiger partial charge in [-0.15, -0.1) is 10.2 Å². The maximum Gasteiger partial charge on any atom is 0.275 e. The van der Waals surface area contributed by atoms with Crippen LogP contribution in [-0.4, -0.2) is 51.7 Å². The fourth-order valence-corrected chi connectivity index (χ4v) is 3.59. The molecule has 5 heterocycles. The summed E-state index contributed by atoms with van der Waals surface area (Å²) in [7, 11) is 0. The maximum atomic E-state index is 13.1. The summed E-state index contributed by atoms with van der Waals surface area (Å²) in [5.74, 6) is 1.26. The van der Waals surface area contributed by atoms with Gasteiger partial charge in [0.25, 0.3) is 5.91 Å². The Morgan fingerprint density at radius 1 is 1.21 bits per heavy atom. The number of fused-ring (bicyclic) bond motifs is 2. The summed E-state index contributed by atoms with van der Waals surface area (Å²) in [6.45, 7) is 3.04. The molecule has 9 nitrogen and oxygen atoms in total. The molecule has 0 bridgehead atoms. The molecule has 1 atom stereocenters. The van der Waals surface area contributed by atoms with Gasteiger partial charge in [-0.05, 0) is 19.1 Å². The van der Waals surface area contributed by atoms with Crippen LogP contribution in [-0.2, 0) is 6.54 Å². The number of carbonyl (C=O) groups is 1. The van der Waals surface area contributed by atoms with E-state index in [2.05, 4.69) is 25.3 Å². The van der Waals surface area contributed by atoms with Crippen LogP contribution in [0.1, 0.15) is 29.3 Å². The van der Waals surface area contributed by atoms with Crippen molar-refractivity contribution in [3.8, 4) is 11.5 Å². The van der Waals surface area contributed by atoms with Crippen molar-refractivity contribution in [2.75, 3.05) is 6.54 Å². The van der Waals surface area contributed by atoms with E-state index in [9.17, 15) is 4.79 Å². The second-order valence-electron chi connectivity index (χ2n) is 6.53. The van der Waals surface area contributed by atoms with Gasteiger partial charge in [0, 0.05) is 31.5 Å². The van der Waals surface area contributed by atoms with E-state index >= 15 is 0 Å². The predicted octanol–water partition coefficient (Wildman–Crippen LogP) is 2.25. The van der Waals surface area contributed by atoms with Crippen molar-refractivity contribution in [3.05, 3.63) is 59.4 Å². The molecule has 0 radical (unpaired) electrons. The smallest absolute Gasteiger partial charge is 0.275 e. The molecule has 0 aliphatic carbocycles. The largest absolute Gasteiger partial charge is 0.325 e. The third-order valence-electron chi connectivity index (χ3n) is 4.84. The van der Waals surface area contributed by atoms with Crippen LogP contribution >= 0.6 is 11.6 Å². The Morgan fingerprint density at radius 2 is 2.11 bits per heavy atom. The number of rotatable bonds is 2. The second-order valence-corrected chi connectivity index (χ2v) is 6.96. The molecule has 0 saturated carbocycles. The molecular formula is C18H15ClN8O. The number of amides is 1. The Bertz CT molecular complexity index is 1180. The number of halogens is 1. The zero-order valence-electron chi connectivity index (χ0n) is 14.9. The van der Waals surface area contributed by atoms with Crippen LogP contribution in [0.3, 0.4) is 0 Å². The van der Waals surface area contributed by atoms with Gasteiger partial charge in [0.15, 0.2) is 23.0 Å². The Kier molecular flexibility index (Phi) is 3.83. The van der Waals surface area contributed by atoms with E-state index in [-0.39, 0.29) is 11.9 Å². The molecule has 1 aliphatic heterocycles. The molecule has 1 aliphatic rings. The lowest BCUT2D eigenvalue weighted by atomic mass is 10.2. The maximum absolute atomic E-state index is 13.1. The second kappa shape index (κ2) is 6.38. The summed E-state index contributed by atoms with van der Waals surface area (Å²) in [6.07, 6.45) is 4.87. The van der Waals surface area contributed by atoms with Gasteiger partial charge in [-0.2, -0.15) is 5.10 Å². The molecule has 0 saturated heterocycles. The van der Waals surface area contributed by atoms with Crippen LogP contribution in [0.4, 0.5) is 0 Å². The Hall–Kier alpha value is -3.33. The monoisotopic (exact) mass is 394 g/mol. The van der Waals surface area contributed by atoms with Crippen LogP contribution in [0.25, 0.3) is 17.2 Å². The van der Waals surface area contributed by atoms with Crippen LogP contribution in [0.15, 0.2) is 42.9 Å². The van der Waals surface area contributed by atoms with Crippen LogP contribution in [0.5, 0.6) is 0 Å². The highest BCUT2D eigenvalue weighted by Crippen LogP contribution is 2.28. The lowest BCUT2D eigenvalue weighted by Gasteiger charge is -2.33. The standard InChI is InChI=1S/C18H15ClN8O/c1-11-16-22-23-17(13-4-2-3-5-20-13)26(16)7-6-25(11)18(28)14-8-15-21-9-12(19)10-27(15)24-14/h2-5,8-11H,6-7H2,1H3. The van der Waals surface area contributed by atoms with E-state index < -0.39 is 0 Å². The average molecular weight is 395 g/mol. The summed E-state index contributed by atoms with van der Waals surface area (Å²) in [5, 5.41) is 13.4. The topological polar surface area (TPSA) is 94.1 Å². The van der Waals surface area contributed by atoms with E-state index in [1.807, 2.05) is 29.7 Å². The molecular weight excluding hydrogens is 380 g/mol. The Balaban J connectivity index is 1.46. The first kappa shape index (κ1) is 16.8. The highest BCUT2D eigenvalue weighted by molar-refractivity contribution is 6.30. The van der Waals surface area contributed by atoms with Gasteiger partial charge < -0.3 is 9.47 Å². The van der Waals surface area contributed by atoms with Crippen molar-refractivity contribution in [1.82, 2.24) is 39.2 Å². The summed E-state index contributed by atoms with van der Waals surface area (Å²) in [4.78, 5) is 23.4. The zero-order chi connectivity index (χ0) is 19.3. The Morgan fingerprint density at radius 3 is 2.93 bits per heavy atom. The number of aromatic nitrogens is 7. The third-order valence-corrected chi connectivity index (χ3v) is 5.04. The molecule has 5 rings (SSSR count). The molecule has 1 amide bonds. The highest BCUT2D eigenvalue weighted by atomic mass is 35.5. The van der Waals surface area contributed by atoms with E-state index in [1.165, 1.54) is 10.7 Å². The van der Waals surface area contributed by atoms with Gasteiger partial charge in [0.2, 0.25) is 0 Å². The molecule has 4 aromatic heterocycles. The lowest BCUT2D eigenvalue weighted by Crippen LogP contribution is -2.41. The first-order chi connectivity index (χ1) is 13.6. The molecule has 0 fully saturated rings. The quantitative estimate of drug-likeness (QED) is 0.517. The van der Waals surface area contributed by atoms with E-state index in [0.29, 0.717) is 35.3 Å². The van der Waals surface area contributed by atoms with Gasteiger partial charge in [-0.1, -0.05) is 17.7 Å². The molecule has 0 spiro atoms. The van der Waals surface area contributed by atoms with Gasteiger partial charge >= 0.3 is 0 Å². The number of hydrogen-bond donors (Lipinski definition) is 0. The molecule has 10 heteroatoms. The van der Waals surface area contributed by atoms with Gasteiger partial charge in [0.05, 0.1) is 17.3 Å². The number of pyridine rings is 1. The zero-order valence-corrected chi connectivity index (χ0v) is 15.7. The fourth-order valence-electron chi connectivity index (χ4n) is 3.45. The van der Waals surface area contributed by atoms with Crippen LogP contribution in [0.2, 0.25) is 5.02 Å². The molecule has 1 unspecified atom stereocenters. The van der Waals surface area contributed by atoms with Crippen LogP contribution in [0, 0.1) is 0 Å². The summed E-state index contributed by atoms with van der Waals surface area (Å²) in [5.41, 5.74) is 1.65. The predicted molar refractivity (Wildman–Crippen MR) is 101 cm³/mol. The molecule has 4 aromatic rings. The fraction of sp³-hybridized carbons (Fsp3) is 0.222. The lowest BCUT2D eigenvalue weighted by molar-refractivity contribution is 0.0632. The molecule has 0 aromatic carbocycles. The number of nitrogens with zero attached hydrogens (tertiary/aromatic N) is 8. The van der Waals surface area contributed by atoms with Gasteiger partial charge in [-0.25, -0.2) is 9.50 Å². The molecule has 28 heavy (non-hydrogen) atoms. The summed E-state index contributed by atoms with van der Waals surface area (Å²) >= 11 is 5.95. The van der Waals surface area contributed by atoms with Crippen molar-refractivity contribution in [2.45, 2.75) is 19.5 Å². The average Bonchev–Trinajstić information content (AvgIpc) is 3.32. The van der Waals surface area contributed by atoms with Crippen molar-refractivity contribution < 1.29 is 4.79 Å². The first-order valence-electron chi connectivity index (χ1n) is 8.78. The van der Waals surface area contributed by atoms with Gasteiger partial charge in [-0.3, -0.25) is 9.78 Å². The third kappa shape index (κ3) is 2.63. The highest BCUT2D eigenvalue weighted by Gasteiger charge is 2.33. The molecule has 0 N–H and O–H groups in total. The summed E-state index contributed by atoms with van der Waals surface area (Å²) < 4.78 is 3.52. The van der Waals surface area contributed by atoms with Crippen molar-refractivity contribution in [1.29, 1.82) is 0 Å². The normalized spacial score (nSPS) is 16.4. The minimum atomic E-state index is -0.243. The van der Waals surface area contributed by atoms with Crippen molar-refractivity contribution >= 4 is 23.2 Å². The number of carbonyl (C=O) groups excluding carboxylic acids is 1. The van der Waals surface area contributed by atoms with E-state index in [4.69, 9.17) is 11.6 Å². The van der Waals surface area contributed by atoms with E-state index in [0.717, 1.165) is 11.5 Å². The minimum absolute atomic E-state index is 0.178. The minimum Gasteiger partial charge on any atom is -0.325 e. The van der Waals surface area contributed by atoms with Crippen molar-refractivity contribution in [3.63, 3.8) is 0 Å².